The minimum atomic E-state index is 0.0651. The van der Waals surface area contributed by atoms with Crippen molar-refractivity contribution >= 4 is 16.9 Å². The second-order valence-electron chi connectivity index (χ2n) is 7.05. The molecular weight excluding hydrogens is 348 g/mol. The number of guanidine groups is 1. The van der Waals surface area contributed by atoms with Gasteiger partial charge in [-0.05, 0) is 35.7 Å². The van der Waals surface area contributed by atoms with E-state index in [1.54, 1.807) is 0 Å². The van der Waals surface area contributed by atoms with Crippen molar-refractivity contribution in [3.63, 3.8) is 0 Å². The zero-order valence-electron chi connectivity index (χ0n) is 16.4. The molecule has 1 aromatic heterocycles. The van der Waals surface area contributed by atoms with E-state index in [1.165, 1.54) is 22.1 Å². The van der Waals surface area contributed by atoms with Gasteiger partial charge in [0.25, 0.3) is 0 Å². The number of aromatic nitrogens is 1. The Morgan fingerprint density at radius 3 is 2.86 bits per heavy atom. The molecule has 0 spiro atoms. The van der Waals surface area contributed by atoms with Crippen molar-refractivity contribution in [2.45, 2.75) is 19.6 Å². The summed E-state index contributed by atoms with van der Waals surface area (Å²) in [5.41, 5.74) is 4.75. The van der Waals surface area contributed by atoms with Gasteiger partial charge in [0.1, 0.15) is 6.10 Å². The summed E-state index contributed by atoms with van der Waals surface area (Å²) in [5, 5.41) is 4.70. The van der Waals surface area contributed by atoms with Gasteiger partial charge in [0, 0.05) is 31.7 Å². The fourth-order valence-corrected chi connectivity index (χ4v) is 3.79. The smallest absolute Gasteiger partial charge is 0.194 e. The van der Waals surface area contributed by atoms with Crippen molar-refractivity contribution in [3.8, 4) is 0 Å². The van der Waals surface area contributed by atoms with E-state index in [0.29, 0.717) is 13.2 Å². The highest BCUT2D eigenvalue weighted by molar-refractivity contribution is 5.83. The number of hydrogen-bond donors (Lipinski definition) is 1. The van der Waals surface area contributed by atoms with E-state index >= 15 is 0 Å². The summed E-state index contributed by atoms with van der Waals surface area (Å²) in [7, 11) is 1.84. The third-order valence-electron chi connectivity index (χ3n) is 5.29. The van der Waals surface area contributed by atoms with E-state index in [1.807, 2.05) is 25.4 Å². The Kier molecular flexibility index (Phi) is 5.53. The standard InChI is InChI=1S/C23H26N4O/c1-17-7-3-4-8-19(17)22-16-27(13-14-28-22)23(24-2)26-15-18-11-12-25-21-10-6-5-9-20(18)21/h3-12,22H,13-16H2,1-2H3,(H,24,26). The molecule has 5 nitrogen and oxygen atoms in total. The van der Waals surface area contributed by atoms with Crippen LogP contribution in [0.3, 0.4) is 0 Å². The number of morpholine rings is 1. The predicted octanol–water partition coefficient (Wildman–Crippen LogP) is 3.69. The average molecular weight is 374 g/mol. The van der Waals surface area contributed by atoms with E-state index in [0.717, 1.165) is 24.6 Å². The van der Waals surface area contributed by atoms with Gasteiger partial charge < -0.3 is 15.0 Å². The zero-order valence-corrected chi connectivity index (χ0v) is 16.4. The summed E-state index contributed by atoms with van der Waals surface area (Å²) in [6.45, 7) is 5.17. The summed E-state index contributed by atoms with van der Waals surface area (Å²) in [6, 6.07) is 18.7. The van der Waals surface area contributed by atoms with Crippen LogP contribution in [0.2, 0.25) is 0 Å². The third-order valence-corrected chi connectivity index (χ3v) is 5.29. The molecule has 1 aliphatic rings. The van der Waals surface area contributed by atoms with Crippen LogP contribution in [-0.4, -0.2) is 42.6 Å². The van der Waals surface area contributed by atoms with E-state index in [2.05, 4.69) is 69.6 Å². The molecular formula is C23H26N4O. The van der Waals surface area contributed by atoms with Gasteiger partial charge in [0.2, 0.25) is 0 Å². The van der Waals surface area contributed by atoms with Gasteiger partial charge in [-0.3, -0.25) is 9.98 Å². The van der Waals surface area contributed by atoms with Crippen LogP contribution in [0.4, 0.5) is 0 Å². The molecule has 3 aromatic rings. The number of para-hydroxylation sites is 1. The predicted molar refractivity (Wildman–Crippen MR) is 113 cm³/mol. The SMILES string of the molecule is CN=C(NCc1ccnc2ccccc12)N1CCOC(c2ccccc2C)C1. The molecule has 2 heterocycles. The first-order chi connectivity index (χ1) is 13.8. The lowest BCUT2D eigenvalue weighted by Crippen LogP contribution is -2.48. The molecule has 4 rings (SSSR count). The van der Waals surface area contributed by atoms with Crippen molar-refractivity contribution in [2.75, 3.05) is 26.7 Å². The van der Waals surface area contributed by atoms with Gasteiger partial charge in [-0.2, -0.15) is 0 Å². The van der Waals surface area contributed by atoms with Crippen LogP contribution in [0.25, 0.3) is 10.9 Å². The van der Waals surface area contributed by atoms with Crippen molar-refractivity contribution in [2.24, 2.45) is 4.99 Å². The van der Waals surface area contributed by atoms with E-state index in [9.17, 15) is 0 Å². The third kappa shape index (κ3) is 3.85. The minimum absolute atomic E-state index is 0.0651. The van der Waals surface area contributed by atoms with Crippen LogP contribution in [0.1, 0.15) is 22.8 Å². The Bertz CT molecular complexity index is 980. The maximum absolute atomic E-state index is 6.06. The molecule has 0 aliphatic carbocycles. The fourth-order valence-electron chi connectivity index (χ4n) is 3.79. The number of nitrogens with one attached hydrogen (secondary N) is 1. The highest BCUT2D eigenvalue weighted by Crippen LogP contribution is 2.25. The summed E-state index contributed by atoms with van der Waals surface area (Å²) in [4.78, 5) is 11.2. The molecule has 144 valence electrons. The largest absolute Gasteiger partial charge is 0.370 e. The zero-order chi connectivity index (χ0) is 19.3. The first-order valence-electron chi connectivity index (χ1n) is 9.71. The van der Waals surface area contributed by atoms with Crippen LogP contribution < -0.4 is 5.32 Å². The molecule has 1 N–H and O–H groups in total. The number of hydrogen-bond acceptors (Lipinski definition) is 3. The lowest BCUT2D eigenvalue weighted by atomic mass is 10.0. The topological polar surface area (TPSA) is 49.8 Å². The first kappa shape index (κ1) is 18.4. The van der Waals surface area contributed by atoms with Crippen molar-refractivity contribution in [1.29, 1.82) is 0 Å². The van der Waals surface area contributed by atoms with Gasteiger partial charge in [-0.25, -0.2) is 0 Å². The normalized spacial score (nSPS) is 17.7. The monoisotopic (exact) mass is 374 g/mol. The van der Waals surface area contributed by atoms with Crippen molar-refractivity contribution in [1.82, 2.24) is 15.2 Å². The Labute approximate surface area is 166 Å². The van der Waals surface area contributed by atoms with Crippen LogP contribution in [0.15, 0.2) is 65.8 Å². The van der Waals surface area contributed by atoms with Gasteiger partial charge >= 0.3 is 0 Å². The summed E-state index contributed by atoms with van der Waals surface area (Å²) in [6.07, 6.45) is 1.93. The van der Waals surface area contributed by atoms with Crippen molar-refractivity contribution in [3.05, 3.63) is 77.5 Å². The number of benzene rings is 2. The number of ether oxygens (including phenoxy) is 1. The molecule has 0 amide bonds. The number of aliphatic imine (C=N–C) groups is 1. The second-order valence-corrected chi connectivity index (χ2v) is 7.05. The summed E-state index contributed by atoms with van der Waals surface area (Å²) < 4.78 is 6.06. The Morgan fingerprint density at radius 1 is 1.18 bits per heavy atom. The van der Waals surface area contributed by atoms with E-state index < -0.39 is 0 Å². The molecule has 1 aliphatic heterocycles. The number of rotatable bonds is 3. The maximum atomic E-state index is 6.06. The molecule has 1 fully saturated rings. The van der Waals surface area contributed by atoms with Crippen LogP contribution >= 0.6 is 0 Å². The lowest BCUT2D eigenvalue weighted by molar-refractivity contribution is -0.00833. The maximum Gasteiger partial charge on any atom is 0.194 e. The minimum Gasteiger partial charge on any atom is -0.370 e. The average Bonchev–Trinajstić information content (AvgIpc) is 2.75. The van der Waals surface area contributed by atoms with Crippen LogP contribution in [0.5, 0.6) is 0 Å². The summed E-state index contributed by atoms with van der Waals surface area (Å²) >= 11 is 0. The van der Waals surface area contributed by atoms with Gasteiger partial charge in [-0.15, -0.1) is 0 Å². The quantitative estimate of drug-likeness (QED) is 0.561. The van der Waals surface area contributed by atoms with E-state index in [-0.39, 0.29) is 6.10 Å². The van der Waals surface area contributed by atoms with Crippen LogP contribution in [-0.2, 0) is 11.3 Å². The molecule has 5 heteroatoms. The molecule has 0 saturated carbocycles. The molecule has 1 unspecified atom stereocenters. The fraction of sp³-hybridized carbons (Fsp3) is 0.304. The Hall–Kier alpha value is -2.92. The number of fused-ring (bicyclic) bond motifs is 1. The molecule has 0 bridgehead atoms. The molecule has 0 radical (unpaired) electrons. The van der Waals surface area contributed by atoms with Gasteiger partial charge in [0.05, 0.1) is 18.7 Å². The second kappa shape index (κ2) is 8.40. The number of nitrogens with zero attached hydrogens (tertiary/aromatic N) is 3. The number of aryl methyl sites for hydroxylation is 1. The summed E-state index contributed by atoms with van der Waals surface area (Å²) in [5.74, 6) is 0.905. The van der Waals surface area contributed by atoms with Gasteiger partial charge in [0.15, 0.2) is 5.96 Å². The molecule has 1 atom stereocenters. The lowest BCUT2D eigenvalue weighted by Gasteiger charge is -2.35. The molecule has 28 heavy (non-hydrogen) atoms. The van der Waals surface area contributed by atoms with Crippen molar-refractivity contribution < 1.29 is 4.74 Å². The Balaban J connectivity index is 1.47. The highest BCUT2D eigenvalue weighted by atomic mass is 16.5. The van der Waals surface area contributed by atoms with E-state index in [4.69, 9.17) is 4.74 Å². The molecule has 1 saturated heterocycles. The number of pyridine rings is 1. The molecule has 2 aromatic carbocycles. The highest BCUT2D eigenvalue weighted by Gasteiger charge is 2.25. The van der Waals surface area contributed by atoms with Gasteiger partial charge in [-0.1, -0.05) is 42.5 Å². The Morgan fingerprint density at radius 2 is 2.00 bits per heavy atom. The van der Waals surface area contributed by atoms with Crippen LogP contribution in [0, 0.1) is 6.92 Å². The first-order valence-corrected chi connectivity index (χ1v) is 9.71.